The number of hydrogen-bond donors (Lipinski definition) is 1. The van der Waals surface area contributed by atoms with E-state index < -0.39 is 0 Å². The summed E-state index contributed by atoms with van der Waals surface area (Å²) >= 11 is 0. The second-order valence-corrected chi connectivity index (χ2v) is 4.15. The first-order valence-corrected chi connectivity index (χ1v) is 5.80. The minimum Gasteiger partial charge on any atom is -0.496 e. The van der Waals surface area contributed by atoms with E-state index in [0.717, 1.165) is 29.8 Å². The fraction of sp³-hybridized carbons (Fsp3) is 0.286. The Morgan fingerprint density at radius 1 is 1.39 bits per heavy atom. The molecule has 0 saturated carbocycles. The van der Waals surface area contributed by atoms with E-state index in [1.54, 1.807) is 13.4 Å². The van der Waals surface area contributed by atoms with Gasteiger partial charge in [-0.05, 0) is 37.0 Å². The Morgan fingerprint density at radius 2 is 2.22 bits per heavy atom. The summed E-state index contributed by atoms with van der Waals surface area (Å²) in [6.45, 7) is 2.03. The van der Waals surface area contributed by atoms with E-state index in [-0.39, 0.29) is 0 Å². The smallest absolute Gasteiger partial charge is 0.161 e. The van der Waals surface area contributed by atoms with E-state index in [0.29, 0.717) is 5.69 Å². The van der Waals surface area contributed by atoms with Gasteiger partial charge in [0.05, 0.1) is 19.1 Å². The van der Waals surface area contributed by atoms with Crippen LogP contribution in [0, 0.1) is 18.3 Å². The van der Waals surface area contributed by atoms with Gasteiger partial charge in [0.2, 0.25) is 0 Å². The summed E-state index contributed by atoms with van der Waals surface area (Å²) in [4.78, 5) is 6.96. The maximum Gasteiger partial charge on any atom is 0.161 e. The summed E-state index contributed by atoms with van der Waals surface area (Å²) in [6, 6.07) is 8.22. The zero-order chi connectivity index (χ0) is 13.0. The van der Waals surface area contributed by atoms with Crippen LogP contribution in [0.3, 0.4) is 0 Å². The molecule has 4 heteroatoms. The van der Waals surface area contributed by atoms with Crippen molar-refractivity contribution in [1.29, 1.82) is 5.26 Å². The third-order valence-corrected chi connectivity index (χ3v) is 2.95. The Bertz CT molecular complexity index is 581. The van der Waals surface area contributed by atoms with Crippen LogP contribution in [0.1, 0.15) is 22.5 Å². The van der Waals surface area contributed by atoms with Gasteiger partial charge in [0.15, 0.2) is 5.69 Å². The lowest BCUT2D eigenvalue weighted by molar-refractivity contribution is 0.411. The van der Waals surface area contributed by atoms with Crippen molar-refractivity contribution in [2.24, 2.45) is 0 Å². The van der Waals surface area contributed by atoms with Crippen molar-refractivity contribution in [3.05, 3.63) is 47.0 Å². The summed E-state index contributed by atoms with van der Waals surface area (Å²) in [7, 11) is 1.67. The number of nitrogens with one attached hydrogen (secondary N) is 1. The number of aryl methyl sites for hydroxylation is 3. The molecule has 0 spiro atoms. The molecule has 18 heavy (non-hydrogen) atoms. The van der Waals surface area contributed by atoms with Crippen molar-refractivity contribution in [2.45, 2.75) is 19.8 Å². The molecule has 0 bridgehead atoms. The van der Waals surface area contributed by atoms with Gasteiger partial charge in [-0.1, -0.05) is 12.1 Å². The highest BCUT2D eigenvalue weighted by Crippen LogP contribution is 2.19. The summed E-state index contributed by atoms with van der Waals surface area (Å²) in [5, 5.41) is 8.87. The van der Waals surface area contributed by atoms with Gasteiger partial charge in [-0.3, -0.25) is 0 Å². The molecule has 0 aliphatic carbocycles. The molecule has 0 amide bonds. The third kappa shape index (κ3) is 2.51. The molecule has 2 rings (SSSR count). The number of nitriles is 1. The number of nitrogens with zero attached hydrogens (tertiary/aromatic N) is 2. The van der Waals surface area contributed by atoms with E-state index in [9.17, 15) is 0 Å². The minimum absolute atomic E-state index is 0.486. The van der Waals surface area contributed by atoms with Crippen LogP contribution in [-0.4, -0.2) is 17.1 Å². The van der Waals surface area contributed by atoms with Gasteiger partial charge in [0, 0.05) is 0 Å². The highest BCUT2D eigenvalue weighted by atomic mass is 16.5. The molecule has 92 valence electrons. The van der Waals surface area contributed by atoms with Gasteiger partial charge in [-0.2, -0.15) is 5.26 Å². The number of methoxy groups -OCH3 is 1. The van der Waals surface area contributed by atoms with Crippen LogP contribution >= 0.6 is 0 Å². The first-order valence-electron chi connectivity index (χ1n) is 5.80. The fourth-order valence-corrected chi connectivity index (χ4v) is 1.97. The van der Waals surface area contributed by atoms with Gasteiger partial charge < -0.3 is 9.72 Å². The maximum absolute atomic E-state index is 8.87. The molecule has 1 aromatic heterocycles. The molecular formula is C14H15N3O. The number of aromatic amines is 1. The number of H-pyrrole nitrogens is 1. The van der Waals surface area contributed by atoms with Crippen molar-refractivity contribution < 1.29 is 4.74 Å². The first kappa shape index (κ1) is 12.2. The van der Waals surface area contributed by atoms with Gasteiger partial charge >= 0.3 is 0 Å². The van der Waals surface area contributed by atoms with Crippen LogP contribution in [0.2, 0.25) is 0 Å². The lowest BCUT2D eigenvalue weighted by Gasteiger charge is -2.07. The highest BCUT2D eigenvalue weighted by molar-refractivity contribution is 5.36. The number of hydrogen-bond acceptors (Lipinski definition) is 3. The molecule has 0 saturated heterocycles. The minimum atomic E-state index is 0.486. The van der Waals surface area contributed by atoms with Gasteiger partial charge in [0.25, 0.3) is 0 Å². The van der Waals surface area contributed by atoms with Crippen LogP contribution in [0.15, 0.2) is 24.5 Å². The second-order valence-electron chi connectivity index (χ2n) is 4.15. The number of aromatic nitrogens is 2. The number of ether oxygens (including phenoxy) is 1. The monoisotopic (exact) mass is 241 g/mol. The molecule has 0 aliphatic heterocycles. The number of rotatable bonds is 4. The average Bonchev–Trinajstić information content (AvgIpc) is 2.84. The normalized spacial score (nSPS) is 10.1. The van der Waals surface area contributed by atoms with Gasteiger partial charge in [-0.15, -0.1) is 0 Å². The molecule has 1 aromatic carbocycles. The Morgan fingerprint density at radius 3 is 2.89 bits per heavy atom. The zero-order valence-corrected chi connectivity index (χ0v) is 10.5. The summed E-state index contributed by atoms with van der Waals surface area (Å²) in [5.74, 6) is 0.901. The van der Waals surface area contributed by atoms with Crippen molar-refractivity contribution in [2.75, 3.05) is 7.11 Å². The third-order valence-electron chi connectivity index (χ3n) is 2.95. The molecule has 0 fully saturated rings. The molecule has 0 atom stereocenters. The van der Waals surface area contributed by atoms with Crippen LogP contribution in [0.25, 0.3) is 0 Å². The summed E-state index contributed by atoms with van der Waals surface area (Å²) < 4.78 is 5.23. The van der Waals surface area contributed by atoms with Crippen LogP contribution in [0.4, 0.5) is 0 Å². The lowest BCUT2D eigenvalue weighted by atomic mass is 10.0. The first-order chi connectivity index (χ1) is 8.74. The molecule has 1 heterocycles. The zero-order valence-electron chi connectivity index (χ0n) is 10.5. The van der Waals surface area contributed by atoms with Crippen molar-refractivity contribution in [1.82, 2.24) is 9.97 Å². The Hall–Kier alpha value is -2.28. The van der Waals surface area contributed by atoms with Crippen molar-refractivity contribution >= 4 is 0 Å². The largest absolute Gasteiger partial charge is 0.496 e. The van der Waals surface area contributed by atoms with Crippen LogP contribution < -0.4 is 4.74 Å². The fourth-order valence-electron chi connectivity index (χ4n) is 1.97. The number of imidazole rings is 1. The molecule has 1 N–H and O–H groups in total. The Balaban J connectivity index is 2.07. The van der Waals surface area contributed by atoms with Crippen molar-refractivity contribution in [3.8, 4) is 11.8 Å². The van der Waals surface area contributed by atoms with Gasteiger partial charge in [0.1, 0.15) is 11.8 Å². The standard InChI is InChI=1S/C14H15N3O/c1-10-7-11(4-6-14(10)18-2)3-5-12-13(8-15)17-9-16-12/h4,6-7,9H,3,5H2,1-2H3,(H,16,17). The molecule has 0 unspecified atom stereocenters. The lowest BCUT2D eigenvalue weighted by Crippen LogP contribution is -1.96. The topological polar surface area (TPSA) is 61.7 Å². The van der Waals surface area contributed by atoms with Crippen molar-refractivity contribution in [3.63, 3.8) is 0 Å². The molecule has 0 radical (unpaired) electrons. The number of benzene rings is 1. The van der Waals surface area contributed by atoms with E-state index in [1.807, 2.05) is 19.1 Å². The van der Waals surface area contributed by atoms with E-state index in [2.05, 4.69) is 22.1 Å². The quantitative estimate of drug-likeness (QED) is 0.894. The second kappa shape index (κ2) is 5.37. The van der Waals surface area contributed by atoms with E-state index in [4.69, 9.17) is 10.00 Å². The van der Waals surface area contributed by atoms with Gasteiger partial charge in [-0.25, -0.2) is 4.98 Å². The van der Waals surface area contributed by atoms with Crippen LogP contribution in [-0.2, 0) is 12.8 Å². The molecule has 4 nitrogen and oxygen atoms in total. The predicted molar refractivity (Wildman–Crippen MR) is 68.4 cm³/mol. The average molecular weight is 241 g/mol. The maximum atomic E-state index is 8.87. The van der Waals surface area contributed by atoms with E-state index in [1.165, 1.54) is 5.56 Å². The SMILES string of the molecule is COc1ccc(CCc2[nH]cnc2C#N)cc1C. The predicted octanol–water partition coefficient (Wildman–Crippen LogP) is 2.38. The molecule has 2 aromatic rings. The molecular weight excluding hydrogens is 226 g/mol. The molecule has 0 aliphatic rings. The van der Waals surface area contributed by atoms with Crippen LogP contribution in [0.5, 0.6) is 5.75 Å². The van der Waals surface area contributed by atoms with E-state index >= 15 is 0 Å². The Labute approximate surface area is 106 Å². The summed E-state index contributed by atoms with van der Waals surface area (Å²) in [5.41, 5.74) is 3.73. The highest BCUT2D eigenvalue weighted by Gasteiger charge is 2.05. The summed E-state index contributed by atoms with van der Waals surface area (Å²) in [6.07, 6.45) is 3.23. The Kier molecular flexibility index (Phi) is 3.63.